The number of hydrogen-bond acceptors (Lipinski definition) is 9. The van der Waals surface area contributed by atoms with Crippen LogP contribution in [-0.4, -0.2) is 38.5 Å². The maximum absolute atomic E-state index is 13.1. The van der Waals surface area contributed by atoms with E-state index in [9.17, 15) is 14.4 Å². The van der Waals surface area contributed by atoms with Crippen LogP contribution < -0.4 is 10.9 Å². The molecule has 0 aliphatic heterocycles. The Morgan fingerprint density at radius 1 is 1.30 bits per heavy atom. The second kappa shape index (κ2) is 8.64. The first-order chi connectivity index (χ1) is 15.9. The van der Waals surface area contributed by atoms with Gasteiger partial charge >= 0.3 is 5.97 Å². The number of aromatic nitrogens is 4. The summed E-state index contributed by atoms with van der Waals surface area (Å²) in [5.74, 6) is -0.237. The third-order valence-corrected chi connectivity index (χ3v) is 7.70. The van der Waals surface area contributed by atoms with E-state index in [1.165, 1.54) is 27.6 Å². The molecule has 0 spiro atoms. The fourth-order valence-electron chi connectivity index (χ4n) is 4.01. The number of esters is 1. The van der Waals surface area contributed by atoms with Crippen LogP contribution >= 0.6 is 22.7 Å². The molecule has 0 radical (unpaired) electrons. The average molecular weight is 484 g/mol. The quantitative estimate of drug-likeness (QED) is 0.433. The lowest BCUT2D eigenvalue weighted by molar-refractivity contribution is -0.117. The predicted molar refractivity (Wildman–Crippen MR) is 127 cm³/mol. The Kier molecular flexibility index (Phi) is 5.67. The van der Waals surface area contributed by atoms with Crippen LogP contribution in [0.4, 0.5) is 5.13 Å². The van der Waals surface area contributed by atoms with E-state index in [1.54, 1.807) is 25.1 Å². The molecule has 5 rings (SSSR count). The fraction of sp³-hybridized carbons (Fsp3) is 0.364. The molecule has 1 aliphatic rings. The van der Waals surface area contributed by atoms with E-state index in [1.807, 2.05) is 0 Å². The molecule has 0 saturated heterocycles. The predicted octanol–water partition coefficient (Wildman–Crippen LogP) is 3.40. The van der Waals surface area contributed by atoms with Gasteiger partial charge in [-0.1, -0.05) is 23.5 Å². The number of thiophene rings is 1. The van der Waals surface area contributed by atoms with E-state index >= 15 is 0 Å². The molecule has 1 aliphatic carbocycles. The molecule has 170 valence electrons. The van der Waals surface area contributed by atoms with Gasteiger partial charge in [0.2, 0.25) is 5.91 Å². The van der Waals surface area contributed by atoms with E-state index < -0.39 is 11.9 Å². The molecule has 1 aromatic carbocycles. The largest absolute Gasteiger partial charge is 0.462 e. The number of fused-ring (bicyclic) bond motifs is 4. The number of aryl methyl sites for hydroxylation is 1. The molecule has 0 saturated carbocycles. The first kappa shape index (κ1) is 21.7. The van der Waals surface area contributed by atoms with Gasteiger partial charge in [0.1, 0.15) is 6.54 Å². The molecule has 3 aromatic heterocycles. The number of rotatable bonds is 5. The highest BCUT2D eigenvalue weighted by Crippen LogP contribution is 2.35. The molecule has 1 unspecified atom stereocenters. The number of ether oxygens (including phenoxy) is 1. The van der Waals surface area contributed by atoms with Crippen LogP contribution in [0.15, 0.2) is 23.0 Å². The third kappa shape index (κ3) is 4.13. The van der Waals surface area contributed by atoms with Crippen LogP contribution in [0.25, 0.3) is 20.4 Å². The second-order valence-electron chi connectivity index (χ2n) is 8.05. The number of anilines is 1. The summed E-state index contributed by atoms with van der Waals surface area (Å²) in [6.07, 6.45) is 2.84. The Bertz CT molecular complexity index is 1450. The Morgan fingerprint density at radius 3 is 2.97 bits per heavy atom. The van der Waals surface area contributed by atoms with E-state index in [-0.39, 0.29) is 12.1 Å². The van der Waals surface area contributed by atoms with Crippen molar-refractivity contribution in [1.29, 1.82) is 0 Å². The van der Waals surface area contributed by atoms with Crippen LogP contribution in [0.2, 0.25) is 0 Å². The number of benzene rings is 1. The molecule has 0 fully saturated rings. The van der Waals surface area contributed by atoms with Crippen LogP contribution in [0.5, 0.6) is 0 Å². The first-order valence-electron chi connectivity index (χ1n) is 10.7. The van der Waals surface area contributed by atoms with Crippen molar-refractivity contribution in [3.63, 3.8) is 0 Å². The molecular weight excluding hydrogens is 462 g/mol. The zero-order valence-electron chi connectivity index (χ0n) is 18.1. The summed E-state index contributed by atoms with van der Waals surface area (Å²) in [7, 11) is 0. The zero-order chi connectivity index (χ0) is 23.1. The lowest BCUT2D eigenvalue weighted by Gasteiger charge is -2.17. The second-order valence-corrected chi connectivity index (χ2v) is 10.2. The van der Waals surface area contributed by atoms with Crippen molar-refractivity contribution in [3.8, 4) is 0 Å². The van der Waals surface area contributed by atoms with Crippen molar-refractivity contribution in [2.45, 2.75) is 39.7 Å². The smallest absolute Gasteiger partial charge is 0.338 e. The van der Waals surface area contributed by atoms with Crippen molar-refractivity contribution in [3.05, 3.63) is 44.6 Å². The Balaban J connectivity index is 1.36. The molecule has 1 amide bonds. The van der Waals surface area contributed by atoms with Crippen LogP contribution in [0, 0.1) is 5.92 Å². The maximum atomic E-state index is 13.1. The van der Waals surface area contributed by atoms with Crippen molar-refractivity contribution < 1.29 is 14.3 Å². The minimum absolute atomic E-state index is 0.257. The number of hydrogen-bond donors (Lipinski definition) is 1. The van der Waals surface area contributed by atoms with E-state index in [0.29, 0.717) is 39.0 Å². The van der Waals surface area contributed by atoms with E-state index in [4.69, 9.17) is 4.74 Å². The Morgan fingerprint density at radius 2 is 2.15 bits per heavy atom. The van der Waals surface area contributed by atoms with Crippen molar-refractivity contribution in [2.75, 3.05) is 11.9 Å². The monoisotopic (exact) mass is 483 g/mol. The summed E-state index contributed by atoms with van der Waals surface area (Å²) in [5, 5.41) is 11.9. The van der Waals surface area contributed by atoms with Crippen LogP contribution in [0.1, 0.15) is 41.1 Å². The summed E-state index contributed by atoms with van der Waals surface area (Å²) < 4.78 is 6.87. The number of amides is 1. The summed E-state index contributed by atoms with van der Waals surface area (Å²) in [6, 6.07) is 5.03. The van der Waals surface area contributed by atoms with Gasteiger partial charge in [0.05, 0.1) is 27.8 Å². The van der Waals surface area contributed by atoms with Gasteiger partial charge in [-0.2, -0.15) is 0 Å². The topological polar surface area (TPSA) is 116 Å². The lowest BCUT2D eigenvalue weighted by Crippen LogP contribution is -2.30. The third-order valence-electron chi connectivity index (χ3n) is 5.62. The zero-order valence-corrected chi connectivity index (χ0v) is 19.7. The summed E-state index contributed by atoms with van der Waals surface area (Å²) >= 11 is 2.77. The molecule has 11 heteroatoms. The van der Waals surface area contributed by atoms with Crippen molar-refractivity contribution in [1.82, 2.24) is 20.0 Å². The van der Waals surface area contributed by atoms with Gasteiger partial charge < -0.3 is 10.1 Å². The number of nitrogens with zero attached hydrogens (tertiary/aromatic N) is 4. The Hall–Kier alpha value is -3.18. The molecule has 0 bridgehead atoms. The first-order valence-corrected chi connectivity index (χ1v) is 12.3. The van der Waals surface area contributed by atoms with Crippen molar-refractivity contribution >= 4 is 60.1 Å². The molecule has 1 N–H and O–H groups in total. The molecule has 3 heterocycles. The number of carbonyl (C=O) groups excluding carboxylic acids is 2. The van der Waals surface area contributed by atoms with E-state index in [2.05, 4.69) is 27.5 Å². The summed E-state index contributed by atoms with van der Waals surface area (Å²) in [5.41, 5.74) is 1.85. The SMILES string of the molecule is CCOC(=O)c1ccc2nc(NC(=O)Cn3nnc4sc5c(c4c3=O)CCC(C)C5)sc2c1. The molecule has 33 heavy (non-hydrogen) atoms. The van der Waals surface area contributed by atoms with Gasteiger partial charge in [-0.25, -0.2) is 14.5 Å². The summed E-state index contributed by atoms with van der Waals surface area (Å²) in [4.78, 5) is 43.8. The number of nitrogens with one attached hydrogen (secondary N) is 1. The highest BCUT2D eigenvalue weighted by atomic mass is 32.1. The van der Waals surface area contributed by atoms with Gasteiger partial charge in [-0.15, -0.1) is 16.4 Å². The van der Waals surface area contributed by atoms with Gasteiger partial charge in [-0.05, 0) is 55.9 Å². The normalized spacial score (nSPS) is 15.5. The Labute approximate surface area is 196 Å². The molecule has 9 nitrogen and oxygen atoms in total. The number of carbonyl (C=O) groups is 2. The highest BCUT2D eigenvalue weighted by Gasteiger charge is 2.24. The van der Waals surface area contributed by atoms with Gasteiger partial charge in [-0.3, -0.25) is 9.59 Å². The minimum atomic E-state index is -0.423. The van der Waals surface area contributed by atoms with Gasteiger partial charge in [0.15, 0.2) is 9.96 Å². The maximum Gasteiger partial charge on any atom is 0.338 e. The van der Waals surface area contributed by atoms with Crippen LogP contribution in [-0.2, 0) is 28.9 Å². The van der Waals surface area contributed by atoms with Gasteiger partial charge in [0, 0.05) is 4.88 Å². The summed E-state index contributed by atoms with van der Waals surface area (Å²) in [6.45, 7) is 3.99. The lowest BCUT2D eigenvalue weighted by atomic mass is 9.89. The highest BCUT2D eigenvalue weighted by molar-refractivity contribution is 7.22. The molecular formula is C22H21N5O4S2. The van der Waals surface area contributed by atoms with Crippen LogP contribution in [0.3, 0.4) is 0 Å². The number of thiazole rings is 1. The average Bonchev–Trinajstić information content (AvgIpc) is 3.35. The fourth-order valence-corrected chi connectivity index (χ4v) is 6.25. The van der Waals surface area contributed by atoms with Crippen molar-refractivity contribution in [2.24, 2.45) is 5.92 Å². The molecule has 1 atom stereocenters. The minimum Gasteiger partial charge on any atom is -0.462 e. The standard InChI is InChI=1S/C22H21N5O4S2/c1-3-31-21(30)12-5-7-14-16(9-12)33-22(23-14)24-17(28)10-27-20(29)18-13-6-4-11(2)8-15(13)32-19(18)25-26-27/h5,7,9,11H,3-4,6,8,10H2,1-2H3,(H,23,24,28). The van der Waals surface area contributed by atoms with E-state index in [0.717, 1.165) is 34.2 Å². The molecule has 4 aromatic rings. The van der Waals surface area contributed by atoms with Gasteiger partial charge in [0.25, 0.3) is 5.56 Å².